The van der Waals surface area contributed by atoms with Crippen LogP contribution in [0.1, 0.15) is 39.0 Å². The number of amides is 2. The van der Waals surface area contributed by atoms with E-state index in [-0.39, 0.29) is 17.7 Å². The average Bonchev–Trinajstić information content (AvgIpc) is 2.75. The molecule has 0 bridgehead atoms. The van der Waals surface area contributed by atoms with Crippen LogP contribution >= 0.6 is 23.4 Å². The van der Waals surface area contributed by atoms with E-state index in [4.69, 9.17) is 11.6 Å². The summed E-state index contributed by atoms with van der Waals surface area (Å²) in [5, 5.41) is 5.84. The molecule has 29 heavy (non-hydrogen) atoms. The minimum Gasteiger partial charge on any atom is -0.356 e. The molecule has 0 aromatic heterocycles. The number of rotatable bonds is 8. The number of likely N-dealkylation sites (tertiary alicyclic amines) is 1. The molecule has 156 valence electrons. The first-order chi connectivity index (χ1) is 14.1. The lowest BCUT2D eigenvalue weighted by Crippen LogP contribution is -2.43. The Hall–Kier alpha value is -1.72. The van der Waals surface area contributed by atoms with E-state index in [1.54, 1.807) is 0 Å². The van der Waals surface area contributed by atoms with Gasteiger partial charge in [-0.15, -0.1) is 11.8 Å². The number of carbonyl (C=O) groups excluding carboxylic acids is 2. The molecule has 1 N–H and O–H groups in total. The second-order valence-electron chi connectivity index (χ2n) is 7.54. The molecule has 4 nitrogen and oxygen atoms in total. The highest BCUT2D eigenvalue weighted by Crippen LogP contribution is 2.33. The molecule has 2 amide bonds. The molecule has 0 atom stereocenters. The van der Waals surface area contributed by atoms with Gasteiger partial charge in [0.1, 0.15) is 0 Å². The molecular weight excluding hydrogens is 404 g/mol. The first-order valence-electron chi connectivity index (χ1n) is 10.5. The van der Waals surface area contributed by atoms with Crippen LogP contribution in [0.4, 0.5) is 0 Å². The number of hydrogen-bond acceptors (Lipinski definition) is 3. The summed E-state index contributed by atoms with van der Waals surface area (Å²) in [6.45, 7) is 4.23. The van der Waals surface area contributed by atoms with Crippen molar-refractivity contribution < 1.29 is 9.59 Å². The number of fused-ring (bicyclic) bond motifs is 1. The fraction of sp³-hybridized carbons (Fsp3) is 0.478. The van der Waals surface area contributed by atoms with E-state index in [0.29, 0.717) is 23.9 Å². The Morgan fingerprint density at radius 3 is 2.59 bits per heavy atom. The van der Waals surface area contributed by atoms with Gasteiger partial charge >= 0.3 is 0 Å². The molecule has 0 aliphatic carbocycles. The average molecular weight is 433 g/mol. The van der Waals surface area contributed by atoms with Crippen LogP contribution in [0, 0.1) is 5.92 Å². The molecule has 1 fully saturated rings. The Morgan fingerprint density at radius 1 is 1.14 bits per heavy atom. The van der Waals surface area contributed by atoms with Crippen LogP contribution in [-0.4, -0.2) is 42.1 Å². The van der Waals surface area contributed by atoms with Gasteiger partial charge in [-0.05, 0) is 36.8 Å². The number of nitrogens with one attached hydrogen (secondary N) is 1. The highest BCUT2D eigenvalue weighted by Gasteiger charge is 2.27. The second kappa shape index (κ2) is 10.9. The monoisotopic (exact) mass is 432 g/mol. The highest BCUT2D eigenvalue weighted by molar-refractivity contribution is 8.00. The van der Waals surface area contributed by atoms with E-state index in [1.165, 1.54) is 11.8 Å². The van der Waals surface area contributed by atoms with Crippen LogP contribution in [0.3, 0.4) is 0 Å². The van der Waals surface area contributed by atoms with E-state index in [2.05, 4.69) is 12.2 Å². The Balaban J connectivity index is 1.48. The van der Waals surface area contributed by atoms with Crippen LogP contribution in [0.5, 0.6) is 0 Å². The third-order valence-corrected chi connectivity index (χ3v) is 6.82. The fourth-order valence-electron chi connectivity index (χ4n) is 3.74. The van der Waals surface area contributed by atoms with Gasteiger partial charge in [-0.3, -0.25) is 9.59 Å². The lowest BCUT2D eigenvalue weighted by molar-refractivity contribution is -0.133. The minimum absolute atomic E-state index is 0.0326. The molecule has 1 aliphatic heterocycles. The van der Waals surface area contributed by atoms with Crippen molar-refractivity contribution in [2.45, 2.75) is 43.9 Å². The summed E-state index contributed by atoms with van der Waals surface area (Å²) >= 11 is 7.91. The molecule has 0 saturated carbocycles. The highest BCUT2D eigenvalue weighted by atomic mass is 35.5. The molecule has 0 unspecified atom stereocenters. The summed E-state index contributed by atoms with van der Waals surface area (Å²) in [6.07, 6.45) is 4.83. The van der Waals surface area contributed by atoms with Crippen LogP contribution in [0.15, 0.2) is 41.3 Å². The molecule has 0 radical (unpaired) electrons. The van der Waals surface area contributed by atoms with Crippen LogP contribution in [0.25, 0.3) is 10.8 Å². The Morgan fingerprint density at radius 2 is 1.86 bits per heavy atom. The predicted octanol–water partition coefficient (Wildman–Crippen LogP) is 5.13. The smallest absolute Gasteiger partial charge is 0.232 e. The van der Waals surface area contributed by atoms with Crippen molar-refractivity contribution in [1.82, 2.24) is 10.2 Å². The molecule has 2 aromatic rings. The van der Waals surface area contributed by atoms with Gasteiger partial charge in [-0.2, -0.15) is 0 Å². The number of halogens is 1. The third-order valence-electron chi connectivity index (χ3n) is 5.46. The van der Waals surface area contributed by atoms with Gasteiger partial charge in [0.15, 0.2) is 0 Å². The molecule has 0 spiro atoms. The number of unbranched alkanes of at least 4 members (excludes halogenated alkanes) is 2. The predicted molar refractivity (Wildman–Crippen MR) is 122 cm³/mol. The first kappa shape index (κ1) is 22.0. The summed E-state index contributed by atoms with van der Waals surface area (Å²) < 4.78 is 0. The Bertz CT molecular complexity index is 845. The zero-order valence-corrected chi connectivity index (χ0v) is 18.5. The number of carbonyl (C=O) groups is 2. The summed E-state index contributed by atoms with van der Waals surface area (Å²) in [5.74, 6) is 0.692. The lowest BCUT2D eigenvalue weighted by Gasteiger charge is -2.31. The van der Waals surface area contributed by atoms with E-state index >= 15 is 0 Å². The van der Waals surface area contributed by atoms with Gasteiger partial charge < -0.3 is 10.2 Å². The van der Waals surface area contributed by atoms with E-state index in [1.807, 2.05) is 41.3 Å². The Labute approximate surface area is 182 Å². The molecule has 1 saturated heterocycles. The molecule has 1 heterocycles. The van der Waals surface area contributed by atoms with Crippen molar-refractivity contribution in [3.05, 3.63) is 41.4 Å². The molecule has 6 heteroatoms. The number of benzene rings is 2. The van der Waals surface area contributed by atoms with E-state index in [9.17, 15) is 9.59 Å². The first-order valence-corrected chi connectivity index (χ1v) is 11.8. The standard InChI is InChI=1S/C23H29ClN2O2S/c1-2-3-4-13-25-23(28)18-11-14-26(15-12-18)21(27)16-29-20-10-6-8-17-7-5-9-19(24)22(17)20/h5-10,18H,2-4,11-16H2,1H3,(H,25,28). The Kier molecular flexibility index (Phi) is 8.25. The molecule has 1 aliphatic rings. The van der Waals surface area contributed by atoms with Crippen molar-refractivity contribution in [1.29, 1.82) is 0 Å². The SMILES string of the molecule is CCCCCNC(=O)C1CCN(C(=O)CSc2cccc3cccc(Cl)c23)CC1. The van der Waals surface area contributed by atoms with Gasteiger partial charge in [-0.25, -0.2) is 0 Å². The molecular formula is C23H29ClN2O2S. The van der Waals surface area contributed by atoms with Crippen molar-refractivity contribution in [3.8, 4) is 0 Å². The van der Waals surface area contributed by atoms with Gasteiger partial charge in [0, 0.05) is 40.9 Å². The second-order valence-corrected chi connectivity index (χ2v) is 8.96. The fourth-order valence-corrected chi connectivity index (χ4v) is 5.08. The van der Waals surface area contributed by atoms with Crippen molar-refractivity contribution in [2.24, 2.45) is 5.92 Å². The zero-order chi connectivity index (χ0) is 20.6. The normalized spacial score (nSPS) is 14.9. The number of nitrogens with zero attached hydrogens (tertiary/aromatic N) is 1. The van der Waals surface area contributed by atoms with Crippen LogP contribution in [-0.2, 0) is 9.59 Å². The maximum absolute atomic E-state index is 12.7. The van der Waals surface area contributed by atoms with Crippen molar-refractivity contribution in [3.63, 3.8) is 0 Å². The molecule has 2 aromatic carbocycles. The van der Waals surface area contributed by atoms with E-state index in [0.717, 1.165) is 54.3 Å². The van der Waals surface area contributed by atoms with Gasteiger partial charge in [0.05, 0.1) is 5.75 Å². The number of hydrogen-bond donors (Lipinski definition) is 1. The van der Waals surface area contributed by atoms with Crippen molar-refractivity contribution >= 4 is 45.9 Å². The summed E-state index contributed by atoms with van der Waals surface area (Å²) in [7, 11) is 0. The minimum atomic E-state index is 0.0326. The maximum atomic E-state index is 12.7. The van der Waals surface area contributed by atoms with Gasteiger partial charge in [0.2, 0.25) is 11.8 Å². The maximum Gasteiger partial charge on any atom is 0.232 e. The van der Waals surface area contributed by atoms with Crippen molar-refractivity contribution in [2.75, 3.05) is 25.4 Å². The zero-order valence-electron chi connectivity index (χ0n) is 17.0. The topological polar surface area (TPSA) is 49.4 Å². The summed E-state index contributed by atoms with van der Waals surface area (Å²) in [5.41, 5.74) is 0. The van der Waals surface area contributed by atoms with Gasteiger partial charge in [0.25, 0.3) is 0 Å². The lowest BCUT2D eigenvalue weighted by atomic mass is 9.96. The quantitative estimate of drug-likeness (QED) is 0.464. The third kappa shape index (κ3) is 5.89. The van der Waals surface area contributed by atoms with Crippen LogP contribution < -0.4 is 5.32 Å². The van der Waals surface area contributed by atoms with Crippen LogP contribution in [0.2, 0.25) is 5.02 Å². The molecule has 3 rings (SSSR count). The largest absolute Gasteiger partial charge is 0.356 e. The van der Waals surface area contributed by atoms with Gasteiger partial charge in [-0.1, -0.05) is 55.6 Å². The van der Waals surface area contributed by atoms with E-state index < -0.39 is 0 Å². The summed E-state index contributed by atoms with van der Waals surface area (Å²) in [4.78, 5) is 27.9. The summed E-state index contributed by atoms with van der Waals surface area (Å²) in [6, 6.07) is 11.9. The number of piperidine rings is 1. The number of thioether (sulfide) groups is 1.